The van der Waals surface area contributed by atoms with Gasteiger partial charge in [-0.25, -0.2) is 0 Å². The first-order chi connectivity index (χ1) is 9.36. The molecule has 0 heterocycles. The molecule has 0 aliphatic heterocycles. The highest BCUT2D eigenvalue weighted by Crippen LogP contribution is 2.22. The number of hydrogen-bond acceptors (Lipinski definition) is 4. The SMILES string of the molecule is COc1ccc(O)c(C(=O)NCC(C(=O)O)C(C)C)c1. The van der Waals surface area contributed by atoms with Crippen molar-refractivity contribution < 1.29 is 24.5 Å². The van der Waals surface area contributed by atoms with Crippen LogP contribution in [-0.2, 0) is 4.79 Å². The summed E-state index contributed by atoms with van der Waals surface area (Å²) < 4.78 is 4.98. The Hall–Kier alpha value is -2.24. The number of aromatic hydroxyl groups is 1. The van der Waals surface area contributed by atoms with Crippen LogP contribution in [0.2, 0.25) is 0 Å². The number of phenolic OH excluding ortho intramolecular Hbond substituents is 1. The topological polar surface area (TPSA) is 95.9 Å². The first-order valence-corrected chi connectivity index (χ1v) is 6.24. The Morgan fingerprint density at radius 1 is 1.35 bits per heavy atom. The number of hydrogen-bond donors (Lipinski definition) is 3. The van der Waals surface area contributed by atoms with Gasteiger partial charge in [0.05, 0.1) is 18.6 Å². The van der Waals surface area contributed by atoms with Crippen molar-refractivity contribution in [2.75, 3.05) is 13.7 Å². The van der Waals surface area contributed by atoms with E-state index in [1.807, 2.05) is 0 Å². The number of rotatable bonds is 6. The van der Waals surface area contributed by atoms with Crippen LogP contribution in [0.15, 0.2) is 18.2 Å². The van der Waals surface area contributed by atoms with Crippen molar-refractivity contribution in [3.05, 3.63) is 23.8 Å². The molecule has 0 radical (unpaired) electrons. The van der Waals surface area contributed by atoms with E-state index in [-0.39, 0.29) is 23.8 Å². The molecule has 0 aliphatic carbocycles. The molecule has 0 saturated carbocycles. The Kier molecular flexibility index (Phi) is 5.37. The standard InChI is InChI=1S/C14H19NO5/c1-8(2)11(14(18)19)7-15-13(17)10-6-9(20-3)4-5-12(10)16/h4-6,8,11,16H,7H2,1-3H3,(H,15,17)(H,18,19). The first kappa shape index (κ1) is 15.8. The maximum atomic E-state index is 12.0. The molecule has 1 aromatic carbocycles. The fourth-order valence-corrected chi connectivity index (χ4v) is 1.73. The molecule has 110 valence electrons. The highest BCUT2D eigenvalue weighted by molar-refractivity contribution is 5.97. The van der Waals surface area contributed by atoms with E-state index >= 15 is 0 Å². The van der Waals surface area contributed by atoms with Crippen molar-refractivity contribution in [1.29, 1.82) is 0 Å². The average molecular weight is 281 g/mol. The average Bonchev–Trinajstić information content (AvgIpc) is 2.38. The molecule has 0 aromatic heterocycles. The molecule has 1 unspecified atom stereocenters. The van der Waals surface area contributed by atoms with Gasteiger partial charge in [0.2, 0.25) is 0 Å². The zero-order chi connectivity index (χ0) is 15.3. The maximum absolute atomic E-state index is 12.0. The van der Waals surface area contributed by atoms with E-state index in [1.165, 1.54) is 25.3 Å². The third-order valence-electron chi connectivity index (χ3n) is 3.05. The molecule has 0 aliphatic rings. The zero-order valence-corrected chi connectivity index (χ0v) is 11.7. The van der Waals surface area contributed by atoms with E-state index in [4.69, 9.17) is 9.84 Å². The summed E-state index contributed by atoms with van der Waals surface area (Å²) in [6.45, 7) is 3.55. The number of carboxylic acids is 1. The van der Waals surface area contributed by atoms with Gasteiger partial charge in [-0.05, 0) is 24.1 Å². The summed E-state index contributed by atoms with van der Waals surface area (Å²) >= 11 is 0. The number of carboxylic acid groups (broad SMARTS) is 1. The number of ether oxygens (including phenoxy) is 1. The van der Waals surface area contributed by atoms with Gasteiger partial charge in [0, 0.05) is 6.54 Å². The second kappa shape index (κ2) is 6.79. The molecule has 20 heavy (non-hydrogen) atoms. The summed E-state index contributed by atoms with van der Waals surface area (Å²) in [6.07, 6.45) is 0. The van der Waals surface area contributed by atoms with Crippen LogP contribution in [0.5, 0.6) is 11.5 Å². The third-order valence-corrected chi connectivity index (χ3v) is 3.05. The minimum atomic E-state index is -0.963. The number of carbonyl (C=O) groups excluding carboxylic acids is 1. The van der Waals surface area contributed by atoms with Gasteiger partial charge in [-0.3, -0.25) is 9.59 Å². The number of aliphatic carboxylic acids is 1. The van der Waals surface area contributed by atoms with Crippen LogP contribution in [0.4, 0.5) is 0 Å². The van der Waals surface area contributed by atoms with Gasteiger partial charge in [-0.2, -0.15) is 0 Å². The smallest absolute Gasteiger partial charge is 0.308 e. The van der Waals surface area contributed by atoms with Crippen LogP contribution in [-0.4, -0.2) is 35.7 Å². The lowest BCUT2D eigenvalue weighted by atomic mass is 9.96. The second-order valence-corrected chi connectivity index (χ2v) is 4.78. The zero-order valence-electron chi connectivity index (χ0n) is 11.7. The highest BCUT2D eigenvalue weighted by Gasteiger charge is 2.23. The van der Waals surface area contributed by atoms with Crippen molar-refractivity contribution in [1.82, 2.24) is 5.32 Å². The fourth-order valence-electron chi connectivity index (χ4n) is 1.73. The minimum absolute atomic E-state index is 0.00246. The molecule has 1 atom stereocenters. The van der Waals surface area contributed by atoms with E-state index in [0.29, 0.717) is 5.75 Å². The van der Waals surface area contributed by atoms with E-state index in [1.54, 1.807) is 13.8 Å². The Bertz CT molecular complexity index is 498. The number of phenols is 1. The number of methoxy groups -OCH3 is 1. The first-order valence-electron chi connectivity index (χ1n) is 6.24. The molecule has 1 rings (SSSR count). The molecule has 0 bridgehead atoms. The number of amides is 1. The van der Waals surface area contributed by atoms with Gasteiger partial charge < -0.3 is 20.3 Å². The Morgan fingerprint density at radius 3 is 2.50 bits per heavy atom. The lowest BCUT2D eigenvalue weighted by Crippen LogP contribution is -2.35. The van der Waals surface area contributed by atoms with Crippen molar-refractivity contribution in [3.8, 4) is 11.5 Å². The molecule has 0 saturated heterocycles. The van der Waals surface area contributed by atoms with Crippen LogP contribution in [0.1, 0.15) is 24.2 Å². The minimum Gasteiger partial charge on any atom is -0.507 e. The second-order valence-electron chi connectivity index (χ2n) is 4.78. The van der Waals surface area contributed by atoms with Gasteiger partial charge in [-0.1, -0.05) is 13.8 Å². The molecule has 6 nitrogen and oxygen atoms in total. The molecule has 0 spiro atoms. The van der Waals surface area contributed by atoms with Gasteiger partial charge >= 0.3 is 5.97 Å². The maximum Gasteiger partial charge on any atom is 0.308 e. The quantitative estimate of drug-likeness (QED) is 0.734. The van der Waals surface area contributed by atoms with Gasteiger partial charge in [0.25, 0.3) is 5.91 Å². The molecular formula is C14H19NO5. The molecule has 3 N–H and O–H groups in total. The lowest BCUT2D eigenvalue weighted by Gasteiger charge is -2.17. The van der Waals surface area contributed by atoms with Gasteiger partial charge in [0.15, 0.2) is 0 Å². The molecule has 1 aromatic rings. The van der Waals surface area contributed by atoms with Crippen molar-refractivity contribution in [2.24, 2.45) is 11.8 Å². The largest absolute Gasteiger partial charge is 0.507 e. The monoisotopic (exact) mass is 281 g/mol. The summed E-state index contributed by atoms with van der Waals surface area (Å²) in [6, 6.07) is 4.28. The number of carbonyl (C=O) groups is 2. The van der Waals surface area contributed by atoms with Crippen LogP contribution in [0.25, 0.3) is 0 Å². The molecule has 1 amide bonds. The Balaban J connectivity index is 2.79. The highest BCUT2D eigenvalue weighted by atomic mass is 16.5. The third kappa shape index (κ3) is 3.88. The Morgan fingerprint density at radius 2 is 2.00 bits per heavy atom. The van der Waals surface area contributed by atoms with E-state index in [0.717, 1.165) is 0 Å². The summed E-state index contributed by atoms with van der Waals surface area (Å²) in [5, 5.41) is 21.2. The van der Waals surface area contributed by atoms with E-state index < -0.39 is 17.8 Å². The number of nitrogens with one attached hydrogen (secondary N) is 1. The van der Waals surface area contributed by atoms with Crippen LogP contribution in [0.3, 0.4) is 0 Å². The normalized spacial score (nSPS) is 12.0. The summed E-state index contributed by atoms with van der Waals surface area (Å²) in [5.41, 5.74) is 0.0530. The predicted molar refractivity (Wildman–Crippen MR) is 73.0 cm³/mol. The predicted octanol–water partition coefficient (Wildman–Crippen LogP) is 1.49. The van der Waals surface area contributed by atoms with Crippen LogP contribution >= 0.6 is 0 Å². The van der Waals surface area contributed by atoms with Crippen molar-refractivity contribution >= 4 is 11.9 Å². The van der Waals surface area contributed by atoms with Gasteiger partial charge in [-0.15, -0.1) is 0 Å². The van der Waals surface area contributed by atoms with E-state index in [2.05, 4.69) is 5.32 Å². The Labute approximate surface area is 117 Å². The summed E-state index contributed by atoms with van der Waals surface area (Å²) in [7, 11) is 1.45. The molecule has 0 fully saturated rings. The van der Waals surface area contributed by atoms with Crippen molar-refractivity contribution in [3.63, 3.8) is 0 Å². The van der Waals surface area contributed by atoms with Crippen LogP contribution < -0.4 is 10.1 Å². The van der Waals surface area contributed by atoms with E-state index in [9.17, 15) is 14.7 Å². The fraction of sp³-hybridized carbons (Fsp3) is 0.429. The van der Waals surface area contributed by atoms with Gasteiger partial charge in [0.1, 0.15) is 11.5 Å². The summed E-state index contributed by atoms with van der Waals surface area (Å²) in [5.74, 6) is -2.02. The lowest BCUT2D eigenvalue weighted by molar-refractivity contribution is -0.142. The number of benzene rings is 1. The summed E-state index contributed by atoms with van der Waals surface area (Å²) in [4.78, 5) is 23.0. The van der Waals surface area contributed by atoms with Crippen molar-refractivity contribution in [2.45, 2.75) is 13.8 Å². The molecular weight excluding hydrogens is 262 g/mol. The molecule has 6 heteroatoms. The van der Waals surface area contributed by atoms with Crippen LogP contribution in [0, 0.1) is 11.8 Å².